The van der Waals surface area contributed by atoms with Crippen LogP contribution in [0.2, 0.25) is 0 Å². The van der Waals surface area contributed by atoms with Crippen LogP contribution in [-0.2, 0) is 0 Å². The molecule has 0 aliphatic heterocycles. The Morgan fingerprint density at radius 3 is 1.78 bits per heavy atom. The van der Waals surface area contributed by atoms with Crippen LogP contribution >= 0.6 is 11.3 Å². The molecular weight excluding hydrogens is 689 g/mol. The Kier molecular flexibility index (Phi) is 6.82. The van der Waals surface area contributed by atoms with E-state index in [1.165, 1.54) is 20.2 Å². The highest BCUT2D eigenvalue weighted by atomic mass is 32.1. The Labute approximate surface area is 320 Å². The van der Waals surface area contributed by atoms with Gasteiger partial charge < -0.3 is 9.13 Å². The van der Waals surface area contributed by atoms with Gasteiger partial charge in [-0.2, -0.15) is 5.26 Å². The lowest BCUT2D eigenvalue weighted by Gasteiger charge is -2.15. The van der Waals surface area contributed by atoms with E-state index in [-0.39, 0.29) is 0 Å². The van der Waals surface area contributed by atoms with Crippen LogP contribution in [0, 0.1) is 17.9 Å². The number of nitrogens with zero attached hydrogens (tertiary/aromatic N) is 4. The maximum absolute atomic E-state index is 9.65. The number of aromatic nitrogens is 2. The van der Waals surface area contributed by atoms with Gasteiger partial charge in [0.05, 0.1) is 40.3 Å². The van der Waals surface area contributed by atoms with Gasteiger partial charge in [0.15, 0.2) is 5.69 Å². The molecular formula is C50H28N4S. The summed E-state index contributed by atoms with van der Waals surface area (Å²) < 4.78 is 7.18. The van der Waals surface area contributed by atoms with Crippen LogP contribution in [0.3, 0.4) is 0 Å². The van der Waals surface area contributed by atoms with Crippen LogP contribution in [-0.4, -0.2) is 9.13 Å². The lowest BCUT2D eigenvalue weighted by atomic mass is 9.94. The molecule has 11 rings (SSSR count). The summed E-state index contributed by atoms with van der Waals surface area (Å²) in [4.78, 5) is 3.79. The highest BCUT2D eigenvalue weighted by Crippen LogP contribution is 2.43. The summed E-state index contributed by atoms with van der Waals surface area (Å²) in [5.41, 5.74) is 12.3. The monoisotopic (exact) mass is 716 g/mol. The van der Waals surface area contributed by atoms with E-state index in [1.807, 2.05) is 35.6 Å². The van der Waals surface area contributed by atoms with E-state index in [2.05, 4.69) is 166 Å². The van der Waals surface area contributed by atoms with E-state index in [4.69, 9.17) is 6.57 Å². The van der Waals surface area contributed by atoms with Crippen molar-refractivity contribution < 1.29 is 0 Å². The van der Waals surface area contributed by atoms with Gasteiger partial charge in [0, 0.05) is 47.7 Å². The van der Waals surface area contributed by atoms with Crippen LogP contribution in [0.25, 0.3) is 102 Å². The largest absolute Gasteiger partial charge is 0.309 e. The van der Waals surface area contributed by atoms with Crippen molar-refractivity contribution in [3.8, 4) is 39.7 Å². The maximum atomic E-state index is 9.65. The molecule has 0 unspecified atom stereocenters. The van der Waals surface area contributed by atoms with Gasteiger partial charge in [-0.05, 0) is 107 Å². The van der Waals surface area contributed by atoms with Gasteiger partial charge in [-0.3, -0.25) is 0 Å². The topological polar surface area (TPSA) is 38.0 Å². The average molecular weight is 717 g/mol. The number of hydrogen-bond donors (Lipinski definition) is 0. The third kappa shape index (κ3) is 4.75. The second-order valence-electron chi connectivity index (χ2n) is 14.0. The zero-order valence-electron chi connectivity index (χ0n) is 29.4. The number of para-hydroxylation sites is 1. The predicted molar refractivity (Wildman–Crippen MR) is 230 cm³/mol. The summed E-state index contributed by atoms with van der Waals surface area (Å²) in [6, 6.07) is 62.2. The molecule has 0 amide bonds. The van der Waals surface area contributed by atoms with Crippen molar-refractivity contribution in [1.82, 2.24) is 9.13 Å². The second kappa shape index (κ2) is 12.0. The quantitative estimate of drug-likeness (QED) is 0.167. The Bertz CT molecular complexity index is 3470. The summed E-state index contributed by atoms with van der Waals surface area (Å²) in [6.45, 7) is 7.77. The van der Waals surface area contributed by atoms with E-state index in [0.717, 1.165) is 77.2 Å². The van der Waals surface area contributed by atoms with Gasteiger partial charge in [-0.1, -0.05) is 91.0 Å². The standard InChI is InChI=1S/C50H28N4S/c1-52-34-21-23-47-42(27-34)43-28-44-40-17-5-7-19-49(40)55-50(44)29-48(43)54(47)36-13-9-11-33(26-36)38-15-3-2-14-37(38)32-10-8-12-35(25-32)53-45-18-6-4-16-39(45)41-24-31(30-51)20-22-46(41)53/h2-29H. The molecule has 0 atom stereocenters. The van der Waals surface area contributed by atoms with E-state index in [0.29, 0.717) is 11.3 Å². The molecule has 0 saturated carbocycles. The van der Waals surface area contributed by atoms with Crippen molar-refractivity contribution in [2.45, 2.75) is 0 Å². The molecule has 0 aliphatic rings. The smallest absolute Gasteiger partial charge is 0.188 e. The molecule has 0 saturated heterocycles. The maximum Gasteiger partial charge on any atom is 0.188 e. The summed E-state index contributed by atoms with van der Waals surface area (Å²) in [6.07, 6.45) is 0. The third-order valence-corrected chi connectivity index (χ3v) is 12.1. The lowest BCUT2D eigenvalue weighted by molar-refractivity contribution is 1.18. The highest BCUT2D eigenvalue weighted by molar-refractivity contribution is 7.25. The lowest BCUT2D eigenvalue weighted by Crippen LogP contribution is -1.96. The first-order valence-corrected chi connectivity index (χ1v) is 19.0. The molecule has 0 aliphatic carbocycles. The first-order valence-electron chi connectivity index (χ1n) is 18.2. The Morgan fingerprint density at radius 1 is 0.455 bits per heavy atom. The predicted octanol–water partition coefficient (Wildman–Crippen LogP) is 14.0. The highest BCUT2D eigenvalue weighted by Gasteiger charge is 2.18. The molecule has 254 valence electrons. The molecule has 0 bridgehead atoms. The van der Waals surface area contributed by atoms with Crippen molar-refractivity contribution in [3.05, 3.63) is 187 Å². The average Bonchev–Trinajstić information content (AvgIpc) is 3.89. The fraction of sp³-hybridized carbons (Fsp3) is 0. The fourth-order valence-corrected chi connectivity index (χ4v) is 9.63. The van der Waals surface area contributed by atoms with Gasteiger partial charge in [-0.15, -0.1) is 11.3 Å². The first-order chi connectivity index (χ1) is 27.2. The summed E-state index contributed by atoms with van der Waals surface area (Å²) in [5.74, 6) is 0. The number of rotatable bonds is 4. The molecule has 55 heavy (non-hydrogen) atoms. The van der Waals surface area contributed by atoms with Crippen molar-refractivity contribution in [2.24, 2.45) is 0 Å². The van der Waals surface area contributed by atoms with Crippen molar-refractivity contribution >= 4 is 80.8 Å². The van der Waals surface area contributed by atoms with Gasteiger partial charge in [-0.25, -0.2) is 4.85 Å². The fourth-order valence-electron chi connectivity index (χ4n) is 8.51. The minimum Gasteiger partial charge on any atom is -0.309 e. The molecule has 5 heteroatoms. The van der Waals surface area contributed by atoms with Crippen molar-refractivity contribution in [1.29, 1.82) is 5.26 Å². The second-order valence-corrected chi connectivity index (χ2v) is 15.0. The van der Waals surface area contributed by atoms with Crippen LogP contribution in [0.15, 0.2) is 170 Å². The molecule has 11 aromatic rings. The molecule has 4 nitrogen and oxygen atoms in total. The normalized spacial score (nSPS) is 11.6. The Balaban J connectivity index is 1.08. The Morgan fingerprint density at radius 2 is 1.05 bits per heavy atom. The van der Waals surface area contributed by atoms with Gasteiger partial charge >= 0.3 is 0 Å². The van der Waals surface area contributed by atoms with E-state index >= 15 is 0 Å². The minimum atomic E-state index is 0.638. The van der Waals surface area contributed by atoms with Crippen molar-refractivity contribution in [2.75, 3.05) is 0 Å². The van der Waals surface area contributed by atoms with Gasteiger partial charge in [0.1, 0.15) is 0 Å². The van der Waals surface area contributed by atoms with Gasteiger partial charge in [0.25, 0.3) is 0 Å². The van der Waals surface area contributed by atoms with E-state index in [1.54, 1.807) is 0 Å². The van der Waals surface area contributed by atoms with Crippen molar-refractivity contribution in [3.63, 3.8) is 0 Å². The number of benzene rings is 8. The molecule has 8 aromatic carbocycles. The zero-order valence-corrected chi connectivity index (χ0v) is 30.2. The third-order valence-electron chi connectivity index (χ3n) is 10.9. The molecule has 3 aromatic heterocycles. The molecule has 0 radical (unpaired) electrons. The summed E-state index contributed by atoms with van der Waals surface area (Å²) in [5, 5.41) is 16.6. The number of nitriles is 1. The molecule has 3 heterocycles. The molecule has 0 fully saturated rings. The van der Waals surface area contributed by atoms with Crippen LogP contribution in [0.5, 0.6) is 0 Å². The number of fused-ring (bicyclic) bond motifs is 9. The van der Waals surface area contributed by atoms with E-state index < -0.39 is 0 Å². The van der Waals surface area contributed by atoms with Crippen LogP contribution in [0.4, 0.5) is 5.69 Å². The Hall–Kier alpha value is -7.44. The van der Waals surface area contributed by atoms with Gasteiger partial charge in [0.2, 0.25) is 0 Å². The zero-order chi connectivity index (χ0) is 36.6. The first kappa shape index (κ1) is 31.1. The molecule has 0 spiro atoms. The van der Waals surface area contributed by atoms with Crippen LogP contribution < -0.4 is 0 Å². The SMILES string of the molecule is [C-]#[N+]c1ccc2c(c1)c1cc3c(cc1n2-c1cccc(-c2ccccc2-c2cccc(-n4c5ccccc5c5cc(C#N)ccc54)c2)c1)sc1ccccc13. The van der Waals surface area contributed by atoms with E-state index in [9.17, 15) is 5.26 Å². The molecule has 0 N–H and O–H groups in total. The summed E-state index contributed by atoms with van der Waals surface area (Å²) in [7, 11) is 0. The number of thiophene rings is 1. The minimum absolute atomic E-state index is 0.638. The summed E-state index contributed by atoms with van der Waals surface area (Å²) >= 11 is 1.82. The number of hydrogen-bond acceptors (Lipinski definition) is 2. The van der Waals surface area contributed by atoms with Crippen LogP contribution in [0.1, 0.15) is 5.56 Å².